The highest BCUT2D eigenvalue weighted by Crippen LogP contribution is 2.32. The lowest BCUT2D eigenvalue weighted by Crippen LogP contribution is -2.32. The molecular weight excluding hydrogens is 242 g/mol. The molecule has 0 radical (unpaired) electrons. The Labute approximate surface area is 110 Å². The molecule has 6 heteroatoms. The lowest BCUT2D eigenvalue weighted by atomic mass is 9.94. The number of nitrogens with one attached hydrogen (secondary N) is 2. The third kappa shape index (κ3) is 2.24. The van der Waals surface area contributed by atoms with E-state index < -0.39 is 5.54 Å². The molecule has 0 bridgehead atoms. The van der Waals surface area contributed by atoms with Gasteiger partial charge in [0.25, 0.3) is 5.91 Å². The van der Waals surface area contributed by atoms with Gasteiger partial charge in [0.05, 0.1) is 11.2 Å². The number of hydrogen-bond donors (Lipinski definition) is 2. The molecule has 1 heterocycles. The molecule has 0 fully saturated rings. The molecule has 2 rings (SSSR count). The topological polar surface area (TPSA) is 101 Å². The first kappa shape index (κ1) is 12.6. The van der Waals surface area contributed by atoms with Crippen LogP contribution in [0.2, 0.25) is 0 Å². The second-order valence-corrected chi connectivity index (χ2v) is 4.64. The van der Waals surface area contributed by atoms with Gasteiger partial charge < -0.3 is 5.32 Å². The summed E-state index contributed by atoms with van der Waals surface area (Å²) in [6.45, 7) is 3.84. The molecule has 1 aromatic carbocycles. The number of nitrogens with zero attached hydrogens (tertiary/aromatic N) is 3. The largest absolute Gasteiger partial charge is 0.343 e. The molecule has 94 valence electrons. The summed E-state index contributed by atoms with van der Waals surface area (Å²) in [6, 6.07) is 8.50. The molecule has 0 unspecified atom stereocenters. The van der Waals surface area contributed by atoms with Crippen LogP contribution in [0.4, 0.5) is 5.69 Å². The van der Waals surface area contributed by atoms with Gasteiger partial charge >= 0.3 is 0 Å². The molecule has 19 heavy (non-hydrogen) atoms. The van der Waals surface area contributed by atoms with Crippen LogP contribution in [0.15, 0.2) is 23.3 Å². The summed E-state index contributed by atoms with van der Waals surface area (Å²) in [6.07, 6.45) is 0. The van der Waals surface area contributed by atoms with Crippen molar-refractivity contribution in [3.63, 3.8) is 0 Å². The summed E-state index contributed by atoms with van der Waals surface area (Å²) >= 11 is 0. The zero-order chi connectivity index (χ0) is 14.0. The number of carbonyl (C=O) groups excluding carboxylic acids is 1. The van der Waals surface area contributed by atoms with Crippen LogP contribution >= 0.6 is 0 Å². The molecule has 0 spiro atoms. The van der Waals surface area contributed by atoms with Gasteiger partial charge in [-0.3, -0.25) is 10.2 Å². The number of benzene rings is 1. The van der Waals surface area contributed by atoms with E-state index in [-0.39, 0.29) is 11.6 Å². The van der Waals surface area contributed by atoms with Crippen molar-refractivity contribution >= 4 is 17.3 Å². The average molecular weight is 253 g/mol. The third-order valence-electron chi connectivity index (χ3n) is 2.87. The smallest absolute Gasteiger partial charge is 0.252 e. The first-order valence-electron chi connectivity index (χ1n) is 5.59. The number of anilines is 1. The second kappa shape index (κ2) is 4.43. The minimum atomic E-state index is -0.390. The van der Waals surface area contributed by atoms with E-state index in [4.69, 9.17) is 10.5 Å². The molecule has 1 aromatic rings. The number of hydrogen-bond acceptors (Lipinski definition) is 5. The van der Waals surface area contributed by atoms with Gasteiger partial charge in [0.2, 0.25) is 5.71 Å². The minimum absolute atomic E-state index is 0.145. The van der Waals surface area contributed by atoms with Crippen molar-refractivity contribution in [1.29, 1.82) is 10.5 Å². The van der Waals surface area contributed by atoms with Gasteiger partial charge in [-0.2, -0.15) is 15.6 Å². The standard InChI is InChI=1S/C13H11N5O/c1-13(2)11-4-3-8(5-10(11)12(19)16-13)17-18-9(6-14)7-15/h3-5,17H,1-2H3,(H,16,19). The Morgan fingerprint density at radius 3 is 2.68 bits per heavy atom. The van der Waals surface area contributed by atoms with E-state index >= 15 is 0 Å². The second-order valence-electron chi connectivity index (χ2n) is 4.64. The van der Waals surface area contributed by atoms with Gasteiger partial charge in [-0.05, 0) is 31.5 Å². The van der Waals surface area contributed by atoms with Crippen LogP contribution in [-0.4, -0.2) is 11.6 Å². The van der Waals surface area contributed by atoms with Crippen LogP contribution in [0.3, 0.4) is 0 Å². The third-order valence-corrected chi connectivity index (χ3v) is 2.87. The summed E-state index contributed by atoms with van der Waals surface area (Å²) < 4.78 is 0. The molecule has 6 nitrogen and oxygen atoms in total. The lowest BCUT2D eigenvalue weighted by Gasteiger charge is -2.18. The predicted octanol–water partition coefficient (Wildman–Crippen LogP) is 1.48. The maximum atomic E-state index is 11.8. The Kier molecular flexibility index (Phi) is 2.94. The van der Waals surface area contributed by atoms with Crippen LogP contribution in [0.5, 0.6) is 0 Å². The molecule has 0 aliphatic carbocycles. The van der Waals surface area contributed by atoms with E-state index in [0.29, 0.717) is 11.3 Å². The van der Waals surface area contributed by atoms with Gasteiger partial charge in [-0.25, -0.2) is 0 Å². The van der Waals surface area contributed by atoms with Crippen molar-refractivity contribution < 1.29 is 4.79 Å². The van der Waals surface area contributed by atoms with Crippen molar-refractivity contribution in [2.24, 2.45) is 5.10 Å². The van der Waals surface area contributed by atoms with E-state index in [9.17, 15) is 4.79 Å². The number of amides is 1. The normalized spacial score (nSPS) is 14.6. The van der Waals surface area contributed by atoms with E-state index in [1.165, 1.54) is 0 Å². The Bertz CT molecular complexity index is 645. The summed E-state index contributed by atoms with van der Waals surface area (Å²) in [5, 5.41) is 23.6. The molecule has 0 saturated carbocycles. The minimum Gasteiger partial charge on any atom is -0.343 e. The molecule has 1 amide bonds. The number of hydrazone groups is 1. The van der Waals surface area contributed by atoms with Crippen LogP contribution < -0.4 is 10.7 Å². The Morgan fingerprint density at radius 2 is 2.05 bits per heavy atom. The van der Waals surface area contributed by atoms with Gasteiger partial charge in [-0.15, -0.1) is 0 Å². The van der Waals surface area contributed by atoms with E-state index in [1.54, 1.807) is 24.3 Å². The predicted molar refractivity (Wildman–Crippen MR) is 69.2 cm³/mol. The van der Waals surface area contributed by atoms with Crippen molar-refractivity contribution in [2.75, 3.05) is 5.43 Å². The highest BCUT2D eigenvalue weighted by molar-refractivity contribution is 6.10. The number of rotatable bonds is 2. The molecule has 1 aliphatic rings. The lowest BCUT2D eigenvalue weighted by molar-refractivity contribution is 0.0940. The van der Waals surface area contributed by atoms with Gasteiger partial charge in [-0.1, -0.05) is 6.07 Å². The quantitative estimate of drug-likeness (QED) is 0.615. The monoisotopic (exact) mass is 253 g/mol. The first-order valence-corrected chi connectivity index (χ1v) is 5.59. The van der Waals surface area contributed by atoms with Crippen molar-refractivity contribution in [3.05, 3.63) is 29.3 Å². The summed E-state index contributed by atoms with van der Waals surface area (Å²) in [7, 11) is 0. The van der Waals surface area contributed by atoms with E-state index in [1.807, 2.05) is 19.9 Å². The van der Waals surface area contributed by atoms with Crippen LogP contribution in [0, 0.1) is 22.7 Å². The maximum Gasteiger partial charge on any atom is 0.252 e. The summed E-state index contributed by atoms with van der Waals surface area (Å²) in [5.74, 6) is -0.145. The highest BCUT2D eigenvalue weighted by atomic mass is 16.2. The van der Waals surface area contributed by atoms with Crippen LogP contribution in [-0.2, 0) is 5.54 Å². The maximum absolute atomic E-state index is 11.8. The molecule has 2 N–H and O–H groups in total. The molecule has 0 aromatic heterocycles. The van der Waals surface area contributed by atoms with Crippen molar-refractivity contribution in [3.8, 4) is 12.1 Å². The zero-order valence-electron chi connectivity index (χ0n) is 10.5. The van der Waals surface area contributed by atoms with E-state index in [2.05, 4.69) is 15.8 Å². The SMILES string of the molecule is CC1(C)NC(=O)c2cc(NN=C(C#N)C#N)ccc21. The number of carbonyl (C=O) groups is 1. The molecule has 1 aliphatic heterocycles. The first-order chi connectivity index (χ1) is 8.97. The van der Waals surface area contributed by atoms with Crippen molar-refractivity contribution in [2.45, 2.75) is 19.4 Å². The Hall–Kier alpha value is -2.86. The fourth-order valence-electron chi connectivity index (χ4n) is 1.96. The summed E-state index contributed by atoms with van der Waals surface area (Å²) in [5.41, 5.74) is 3.95. The van der Waals surface area contributed by atoms with Gasteiger partial charge in [0.1, 0.15) is 12.1 Å². The Morgan fingerprint density at radius 1 is 1.37 bits per heavy atom. The van der Waals surface area contributed by atoms with Crippen LogP contribution in [0.1, 0.15) is 29.8 Å². The molecular formula is C13H11N5O. The van der Waals surface area contributed by atoms with Gasteiger partial charge in [0.15, 0.2) is 0 Å². The zero-order valence-corrected chi connectivity index (χ0v) is 10.5. The average Bonchev–Trinajstić information content (AvgIpc) is 2.61. The van der Waals surface area contributed by atoms with Crippen molar-refractivity contribution in [1.82, 2.24) is 5.32 Å². The fourth-order valence-corrected chi connectivity index (χ4v) is 1.96. The van der Waals surface area contributed by atoms with Crippen LogP contribution in [0.25, 0.3) is 0 Å². The summed E-state index contributed by atoms with van der Waals surface area (Å²) in [4.78, 5) is 11.8. The number of nitriles is 2. The fraction of sp³-hybridized carbons (Fsp3) is 0.231. The number of fused-ring (bicyclic) bond motifs is 1. The van der Waals surface area contributed by atoms with Gasteiger partial charge in [0, 0.05) is 5.56 Å². The van der Waals surface area contributed by atoms with E-state index in [0.717, 1.165) is 5.56 Å². The molecule has 0 atom stereocenters. The highest BCUT2D eigenvalue weighted by Gasteiger charge is 2.34. The Balaban J connectivity index is 2.32. The molecule has 0 saturated heterocycles.